The molecule has 48 heavy (non-hydrogen) atoms. The number of pyridine rings is 2. The van der Waals surface area contributed by atoms with Gasteiger partial charge in [-0.1, -0.05) is 31.2 Å². The number of carbonyl (C=O) groups is 1. The van der Waals surface area contributed by atoms with E-state index in [1.54, 1.807) is 18.1 Å². The number of amides is 1. The molecule has 0 radical (unpaired) electrons. The van der Waals surface area contributed by atoms with Gasteiger partial charge in [0.15, 0.2) is 0 Å². The number of hydrogen-bond acceptors (Lipinski definition) is 9. The molecule has 2 aromatic heterocycles. The standard InChI is InChI=1S/C35H40F3N7O2S/c1-5-26-20-45(48-30-8-7-15-41-34(30)47-26)19-24-16-23(10-9-21(24)3)28(27-12-13-29(40-6-2)33(44-39)22(27)4)17-32(46)43-25-11-14-31(42-18-25)35(36,37)38/h7-16,18,26,28,40,44H,5-6,17,19-20,39H2,1-4H3,(H,43,46)/t26-,28?/m1/s1. The minimum absolute atomic E-state index is 0.0200. The number of hydrogen-bond donors (Lipinski definition) is 4. The molecule has 1 aliphatic heterocycles. The van der Waals surface area contributed by atoms with Gasteiger partial charge in [0.25, 0.3) is 0 Å². The topological polar surface area (TPSA) is 117 Å². The first-order valence-electron chi connectivity index (χ1n) is 15.8. The van der Waals surface area contributed by atoms with Crippen molar-refractivity contribution in [2.75, 3.05) is 29.1 Å². The van der Waals surface area contributed by atoms with E-state index >= 15 is 0 Å². The van der Waals surface area contributed by atoms with Crippen LogP contribution in [0.5, 0.6) is 5.88 Å². The second-order valence-electron chi connectivity index (χ2n) is 11.7. The number of rotatable bonds is 11. The third-order valence-electron chi connectivity index (χ3n) is 8.35. The molecule has 1 amide bonds. The summed E-state index contributed by atoms with van der Waals surface area (Å²) in [7, 11) is 0. The van der Waals surface area contributed by atoms with Gasteiger partial charge in [-0.2, -0.15) is 13.2 Å². The smallest absolute Gasteiger partial charge is 0.433 e. The number of nitrogens with two attached hydrogens (primary N) is 1. The summed E-state index contributed by atoms with van der Waals surface area (Å²) in [4.78, 5) is 22.4. The van der Waals surface area contributed by atoms with Crippen LogP contribution in [0.2, 0.25) is 0 Å². The number of benzene rings is 2. The second kappa shape index (κ2) is 15.3. The molecule has 0 spiro atoms. The van der Waals surface area contributed by atoms with Gasteiger partial charge in [-0.25, -0.2) is 14.3 Å². The molecule has 0 saturated carbocycles. The van der Waals surface area contributed by atoms with E-state index in [2.05, 4.69) is 56.3 Å². The molecule has 13 heteroatoms. The number of nitrogens with zero attached hydrogens (tertiary/aromatic N) is 3. The zero-order chi connectivity index (χ0) is 34.4. The van der Waals surface area contributed by atoms with Crippen molar-refractivity contribution < 1.29 is 22.7 Å². The summed E-state index contributed by atoms with van der Waals surface area (Å²) in [5.41, 5.74) is 8.42. The number of anilines is 3. The number of fused-ring (bicyclic) bond motifs is 1. The molecule has 4 aromatic rings. The van der Waals surface area contributed by atoms with Gasteiger partial charge < -0.3 is 20.8 Å². The molecule has 1 aliphatic rings. The van der Waals surface area contributed by atoms with E-state index in [0.717, 1.165) is 62.8 Å². The van der Waals surface area contributed by atoms with E-state index in [0.29, 0.717) is 25.5 Å². The Hall–Kier alpha value is -4.33. The predicted molar refractivity (Wildman–Crippen MR) is 184 cm³/mol. The molecular formula is C35H40F3N7O2S. The van der Waals surface area contributed by atoms with E-state index in [1.807, 2.05) is 44.2 Å². The molecule has 1 unspecified atom stereocenters. The molecule has 0 saturated heterocycles. The Bertz CT molecular complexity index is 1740. The zero-order valence-electron chi connectivity index (χ0n) is 27.3. The van der Waals surface area contributed by atoms with Crippen molar-refractivity contribution in [2.45, 2.75) is 70.2 Å². The number of nitrogens with one attached hydrogen (secondary N) is 3. The van der Waals surface area contributed by atoms with Crippen molar-refractivity contribution >= 4 is 34.9 Å². The van der Waals surface area contributed by atoms with Crippen LogP contribution in [0.1, 0.15) is 66.1 Å². The van der Waals surface area contributed by atoms with Gasteiger partial charge in [-0.15, -0.1) is 0 Å². The highest BCUT2D eigenvalue weighted by Crippen LogP contribution is 2.39. The van der Waals surface area contributed by atoms with Crippen molar-refractivity contribution in [3.8, 4) is 5.88 Å². The summed E-state index contributed by atoms with van der Waals surface area (Å²) in [6.07, 6.45) is -0.980. The Morgan fingerprint density at radius 2 is 1.94 bits per heavy atom. The average Bonchev–Trinajstić information content (AvgIpc) is 3.24. The Labute approximate surface area is 283 Å². The van der Waals surface area contributed by atoms with Crippen molar-refractivity contribution in [3.05, 3.63) is 101 Å². The summed E-state index contributed by atoms with van der Waals surface area (Å²) in [5, 5.41) is 6.05. The molecule has 254 valence electrons. The number of hydrazine groups is 1. The lowest BCUT2D eigenvalue weighted by molar-refractivity contribution is -0.141. The lowest BCUT2D eigenvalue weighted by atomic mass is 9.83. The van der Waals surface area contributed by atoms with E-state index in [1.165, 1.54) is 6.07 Å². The van der Waals surface area contributed by atoms with Crippen LogP contribution in [0.4, 0.5) is 30.2 Å². The van der Waals surface area contributed by atoms with Gasteiger partial charge in [0.1, 0.15) is 11.8 Å². The summed E-state index contributed by atoms with van der Waals surface area (Å²) in [5.74, 6) is 5.85. The normalized spacial score (nSPS) is 15.5. The third-order valence-corrected chi connectivity index (χ3v) is 9.39. The number of halogens is 3. The lowest BCUT2D eigenvalue weighted by Crippen LogP contribution is -2.29. The molecule has 3 heterocycles. The highest BCUT2D eigenvalue weighted by molar-refractivity contribution is 7.97. The third kappa shape index (κ3) is 8.20. The maximum Gasteiger partial charge on any atom is 0.433 e. The number of carbonyl (C=O) groups excluding carboxylic acids is 1. The van der Waals surface area contributed by atoms with Crippen LogP contribution in [0.25, 0.3) is 0 Å². The molecule has 0 fully saturated rings. The van der Waals surface area contributed by atoms with Crippen LogP contribution in [0.3, 0.4) is 0 Å². The monoisotopic (exact) mass is 679 g/mol. The van der Waals surface area contributed by atoms with Crippen molar-refractivity contribution in [2.24, 2.45) is 5.84 Å². The Morgan fingerprint density at radius 1 is 1.12 bits per heavy atom. The van der Waals surface area contributed by atoms with E-state index in [-0.39, 0.29) is 24.1 Å². The summed E-state index contributed by atoms with van der Waals surface area (Å²) < 4.78 is 47.6. The molecule has 0 bridgehead atoms. The summed E-state index contributed by atoms with van der Waals surface area (Å²) in [6.45, 7) is 10.1. The first-order chi connectivity index (χ1) is 23.0. The Balaban J connectivity index is 1.48. The Morgan fingerprint density at radius 3 is 2.62 bits per heavy atom. The first kappa shape index (κ1) is 35.0. The van der Waals surface area contributed by atoms with Gasteiger partial charge >= 0.3 is 6.18 Å². The van der Waals surface area contributed by atoms with Crippen LogP contribution in [0.15, 0.2) is 71.9 Å². The number of ether oxygens (including phenoxy) is 1. The second-order valence-corrected chi connectivity index (χ2v) is 12.8. The SMILES string of the molecule is CCNc1ccc(C(CC(=O)Nc2ccc(C(F)(F)F)nc2)c2ccc(C)c(CN3C[C@@H](CC)Oc4ncccc4S3)c2)c(C)c1NN. The maximum absolute atomic E-state index is 13.5. The molecule has 5 rings (SSSR count). The van der Waals surface area contributed by atoms with Crippen LogP contribution in [-0.4, -0.2) is 39.4 Å². The number of aryl methyl sites for hydroxylation is 1. The minimum atomic E-state index is -4.57. The first-order valence-corrected chi connectivity index (χ1v) is 16.6. The highest BCUT2D eigenvalue weighted by Gasteiger charge is 2.32. The number of nitrogen functional groups attached to an aromatic ring is 1. The van der Waals surface area contributed by atoms with Gasteiger partial charge in [-0.3, -0.25) is 10.6 Å². The maximum atomic E-state index is 13.5. The van der Waals surface area contributed by atoms with E-state index in [4.69, 9.17) is 10.6 Å². The molecular weight excluding hydrogens is 639 g/mol. The zero-order valence-corrected chi connectivity index (χ0v) is 28.1. The minimum Gasteiger partial charge on any atom is -0.472 e. The molecule has 0 aliphatic carbocycles. The predicted octanol–water partition coefficient (Wildman–Crippen LogP) is 7.67. The van der Waals surface area contributed by atoms with Crippen LogP contribution < -0.4 is 26.6 Å². The lowest BCUT2D eigenvalue weighted by Gasteiger charge is -2.26. The molecule has 2 atom stereocenters. The van der Waals surface area contributed by atoms with Crippen molar-refractivity contribution in [1.82, 2.24) is 14.3 Å². The quantitative estimate of drug-likeness (QED) is 0.0720. The molecule has 9 nitrogen and oxygen atoms in total. The van der Waals surface area contributed by atoms with Gasteiger partial charge in [0, 0.05) is 38.2 Å². The fourth-order valence-electron chi connectivity index (χ4n) is 5.78. The van der Waals surface area contributed by atoms with Gasteiger partial charge in [0.2, 0.25) is 11.8 Å². The van der Waals surface area contributed by atoms with Crippen molar-refractivity contribution in [1.29, 1.82) is 0 Å². The van der Waals surface area contributed by atoms with Crippen molar-refractivity contribution in [3.63, 3.8) is 0 Å². The van der Waals surface area contributed by atoms with Crippen LogP contribution in [0, 0.1) is 13.8 Å². The fourth-order valence-corrected chi connectivity index (χ4v) is 6.82. The number of aromatic nitrogens is 2. The van der Waals surface area contributed by atoms with E-state index < -0.39 is 17.8 Å². The van der Waals surface area contributed by atoms with Gasteiger partial charge in [-0.05, 0) is 97.3 Å². The average molecular weight is 680 g/mol. The van der Waals surface area contributed by atoms with Crippen LogP contribution in [-0.2, 0) is 17.5 Å². The summed E-state index contributed by atoms with van der Waals surface area (Å²) in [6, 6.07) is 16.1. The molecule has 2 aromatic carbocycles. The van der Waals surface area contributed by atoms with Crippen LogP contribution >= 0.6 is 11.9 Å². The highest BCUT2D eigenvalue weighted by atomic mass is 32.2. The summed E-state index contributed by atoms with van der Waals surface area (Å²) >= 11 is 1.62. The Kier molecular flexibility index (Phi) is 11.1. The largest absolute Gasteiger partial charge is 0.472 e. The van der Waals surface area contributed by atoms with Gasteiger partial charge in [0.05, 0.1) is 28.2 Å². The van der Waals surface area contributed by atoms with E-state index in [9.17, 15) is 18.0 Å². The fraction of sp³-hybridized carbons (Fsp3) is 0.343. The number of alkyl halides is 3. The molecule has 5 N–H and O–H groups in total.